The number of benzene rings is 7. The van der Waals surface area contributed by atoms with E-state index in [1.165, 1.54) is 16.4 Å². The van der Waals surface area contributed by atoms with Crippen LogP contribution in [0.5, 0.6) is 17.2 Å². The molecule has 1 atom stereocenters. The summed E-state index contributed by atoms with van der Waals surface area (Å²) in [5, 5.41) is 2.33. The van der Waals surface area contributed by atoms with Crippen molar-refractivity contribution in [2.45, 2.75) is 27.7 Å². The van der Waals surface area contributed by atoms with Crippen molar-refractivity contribution in [1.82, 2.24) is 0 Å². The van der Waals surface area contributed by atoms with Crippen LogP contribution in [0.1, 0.15) is 22.3 Å². The molecule has 7 aromatic rings. The number of hydrogen-bond acceptors (Lipinski definition) is 3. The molecule has 7 aromatic carbocycles. The highest BCUT2D eigenvalue weighted by molar-refractivity contribution is 7.56. The Bertz CT molecular complexity index is 2210. The van der Waals surface area contributed by atoms with Gasteiger partial charge in [0.05, 0.1) is 0 Å². The molecular weight excluding hydrogens is 642 g/mol. The van der Waals surface area contributed by atoms with Gasteiger partial charge < -0.3 is 14.0 Å². The zero-order valence-corrected chi connectivity index (χ0v) is 30.4. The molecule has 0 fully saturated rings. The summed E-state index contributed by atoms with van der Waals surface area (Å²) < 4.78 is 20.5. The highest BCUT2D eigenvalue weighted by atomic mass is 31.1. The second-order valence-corrected chi connectivity index (χ2v) is 14.1. The maximum atomic E-state index is 7.22. The third kappa shape index (κ3) is 7.93. The molecule has 3 nitrogen and oxygen atoms in total. The lowest BCUT2D eigenvalue weighted by molar-refractivity contribution is 0.309. The predicted octanol–water partition coefficient (Wildman–Crippen LogP) is 11.1. The lowest BCUT2D eigenvalue weighted by atomic mass is 9.84. The summed E-state index contributed by atoms with van der Waals surface area (Å²) in [6.07, 6.45) is 0. The van der Waals surface area contributed by atoms with Gasteiger partial charge in [-0.1, -0.05) is 154 Å². The van der Waals surface area contributed by atoms with Crippen LogP contribution in [-0.2, 0) is 0 Å². The van der Waals surface area contributed by atoms with Crippen molar-refractivity contribution in [2.24, 2.45) is 0 Å². The van der Waals surface area contributed by atoms with Crippen molar-refractivity contribution in [3.05, 3.63) is 186 Å². The van der Waals surface area contributed by atoms with Gasteiger partial charge in [-0.15, -0.1) is 0 Å². The van der Waals surface area contributed by atoms with Crippen molar-refractivity contribution >= 4 is 26.5 Å². The summed E-state index contributed by atoms with van der Waals surface area (Å²) >= 11 is 0. The summed E-state index contributed by atoms with van der Waals surface area (Å²) in [5.41, 5.74) is 11.1. The fourth-order valence-corrected chi connectivity index (χ4v) is 7.87. The van der Waals surface area contributed by atoms with Gasteiger partial charge in [-0.05, 0) is 96.2 Å². The van der Waals surface area contributed by atoms with Gasteiger partial charge in [0.2, 0.25) is 0 Å². The molecule has 0 saturated heterocycles. The molecule has 1 unspecified atom stereocenters. The molecule has 7 rings (SSSR count). The molecule has 0 bridgehead atoms. The van der Waals surface area contributed by atoms with Crippen molar-refractivity contribution < 1.29 is 14.0 Å². The largest absolute Gasteiger partial charge is 0.864 e. The van der Waals surface area contributed by atoms with E-state index in [0.29, 0.717) is 20.1 Å². The SMILES string of the molecule is Cc1cccc(OB(Oc2cccc(C)c2)Oc2c(Pc3cccc(C)c3)c(C)c(-c3ccccc3)c(-c3ccccc3)c2-c2ccccc2)c1. The molecule has 5 heteroatoms. The Hall–Kier alpha value is -5.57. The molecule has 0 aliphatic heterocycles. The van der Waals surface area contributed by atoms with Crippen molar-refractivity contribution in [1.29, 1.82) is 0 Å². The molecule has 0 aliphatic rings. The molecule has 51 heavy (non-hydrogen) atoms. The summed E-state index contributed by atoms with van der Waals surface area (Å²) in [6, 6.07) is 56.6. The Kier molecular flexibility index (Phi) is 10.3. The van der Waals surface area contributed by atoms with Gasteiger partial charge in [-0.2, -0.15) is 0 Å². The van der Waals surface area contributed by atoms with Crippen LogP contribution in [0.15, 0.2) is 164 Å². The van der Waals surface area contributed by atoms with Crippen LogP contribution in [0.3, 0.4) is 0 Å². The second-order valence-electron chi connectivity index (χ2n) is 12.8. The smallest absolute Gasteiger partial charge is 0.490 e. The van der Waals surface area contributed by atoms with Crippen LogP contribution >= 0.6 is 8.58 Å². The minimum atomic E-state index is -1.09. The molecule has 0 amide bonds. The molecule has 0 heterocycles. The van der Waals surface area contributed by atoms with Crippen molar-refractivity contribution in [3.63, 3.8) is 0 Å². The maximum absolute atomic E-state index is 7.22. The zero-order valence-electron chi connectivity index (χ0n) is 29.4. The van der Waals surface area contributed by atoms with E-state index in [4.69, 9.17) is 14.0 Å². The van der Waals surface area contributed by atoms with E-state index in [-0.39, 0.29) is 0 Å². The first-order chi connectivity index (χ1) is 24.9. The molecule has 0 aliphatic carbocycles. The maximum Gasteiger partial charge on any atom is 0.864 e. The Balaban J connectivity index is 1.54. The minimum absolute atomic E-state index is 0.303. The predicted molar refractivity (Wildman–Crippen MR) is 216 cm³/mol. The van der Waals surface area contributed by atoms with Crippen LogP contribution in [0.2, 0.25) is 0 Å². The fraction of sp³-hybridized carbons (Fsp3) is 0.0870. The topological polar surface area (TPSA) is 27.7 Å². The third-order valence-electron chi connectivity index (χ3n) is 8.84. The lowest BCUT2D eigenvalue weighted by Gasteiger charge is -2.28. The normalized spacial score (nSPS) is 11.1. The highest BCUT2D eigenvalue weighted by Crippen LogP contribution is 2.48. The second kappa shape index (κ2) is 15.5. The average Bonchev–Trinajstić information content (AvgIpc) is 3.14. The first-order valence-electron chi connectivity index (χ1n) is 17.3. The van der Waals surface area contributed by atoms with Crippen LogP contribution in [0, 0.1) is 27.7 Å². The Labute approximate surface area is 303 Å². The fourth-order valence-electron chi connectivity index (χ4n) is 6.49. The Morgan fingerprint density at radius 3 is 1.35 bits per heavy atom. The van der Waals surface area contributed by atoms with Crippen molar-refractivity contribution in [2.75, 3.05) is 0 Å². The number of hydrogen-bond donors (Lipinski definition) is 0. The van der Waals surface area contributed by atoms with Crippen LogP contribution in [0.4, 0.5) is 0 Å². The first-order valence-corrected chi connectivity index (χ1v) is 18.3. The average molecular weight is 683 g/mol. The zero-order chi connectivity index (χ0) is 35.2. The first kappa shape index (κ1) is 33.9. The van der Waals surface area contributed by atoms with E-state index in [2.05, 4.69) is 155 Å². The third-order valence-corrected chi connectivity index (χ3v) is 10.3. The van der Waals surface area contributed by atoms with Gasteiger partial charge in [-0.25, -0.2) is 0 Å². The van der Waals surface area contributed by atoms with E-state index in [9.17, 15) is 0 Å². The van der Waals surface area contributed by atoms with E-state index in [1.54, 1.807) is 0 Å². The van der Waals surface area contributed by atoms with Gasteiger partial charge >= 0.3 is 7.32 Å². The van der Waals surface area contributed by atoms with Gasteiger partial charge in [0.25, 0.3) is 0 Å². The number of rotatable bonds is 11. The number of aryl methyl sites for hydroxylation is 3. The highest BCUT2D eigenvalue weighted by Gasteiger charge is 2.35. The van der Waals surface area contributed by atoms with Gasteiger partial charge in [-0.3, -0.25) is 0 Å². The summed E-state index contributed by atoms with van der Waals surface area (Å²) in [5.74, 6) is 2.07. The summed E-state index contributed by atoms with van der Waals surface area (Å²) in [4.78, 5) is 0. The quantitative estimate of drug-likeness (QED) is 0.100. The van der Waals surface area contributed by atoms with Crippen LogP contribution in [-0.4, -0.2) is 7.32 Å². The molecule has 0 radical (unpaired) electrons. The van der Waals surface area contributed by atoms with Crippen molar-refractivity contribution in [3.8, 4) is 50.6 Å². The van der Waals surface area contributed by atoms with Gasteiger partial charge in [0, 0.05) is 16.4 Å². The minimum Gasteiger partial charge on any atom is -0.490 e. The van der Waals surface area contributed by atoms with E-state index < -0.39 is 7.32 Å². The Morgan fingerprint density at radius 1 is 0.412 bits per heavy atom. The molecule has 0 aromatic heterocycles. The molecule has 250 valence electrons. The standard InChI is InChI=1S/C46H40BO3P/c1-32-17-14-26-39(29-32)48-47(49-40-27-15-18-33(2)30-40)50-45-44(38-24-12-7-13-25-38)43(37-22-10-6-11-23-37)42(36-20-8-5-9-21-36)35(4)46(45)51-41-28-16-19-34(3)31-41/h5-31,51H,1-4H3. The molecule has 0 saturated carbocycles. The van der Waals surface area contributed by atoms with Gasteiger partial charge in [0.1, 0.15) is 17.2 Å². The Morgan fingerprint density at radius 2 is 0.863 bits per heavy atom. The van der Waals surface area contributed by atoms with Crippen LogP contribution < -0.4 is 24.6 Å². The summed E-state index contributed by atoms with van der Waals surface area (Å²) in [6.45, 7) is 8.47. The summed E-state index contributed by atoms with van der Waals surface area (Å²) in [7, 11) is -0.792. The molecular formula is C46H40BO3P. The van der Waals surface area contributed by atoms with E-state index >= 15 is 0 Å². The van der Waals surface area contributed by atoms with E-state index in [0.717, 1.165) is 55.6 Å². The van der Waals surface area contributed by atoms with Gasteiger partial charge in [0.15, 0.2) is 0 Å². The van der Waals surface area contributed by atoms with Crippen LogP contribution in [0.25, 0.3) is 33.4 Å². The molecule has 0 N–H and O–H groups in total. The lowest BCUT2D eigenvalue weighted by Crippen LogP contribution is -2.38. The molecule has 0 spiro atoms. The van der Waals surface area contributed by atoms with E-state index in [1.807, 2.05) is 36.4 Å². The monoisotopic (exact) mass is 682 g/mol.